The number of ether oxygens (including phenoxy) is 1. The van der Waals surface area contributed by atoms with Gasteiger partial charge in [0.2, 0.25) is 10.0 Å². The molecule has 2 aromatic carbocycles. The van der Waals surface area contributed by atoms with Crippen LogP contribution in [-0.4, -0.2) is 45.2 Å². The lowest BCUT2D eigenvalue weighted by atomic mass is 10.1. The first-order valence-corrected chi connectivity index (χ1v) is 11.2. The Balaban J connectivity index is 2.11. The number of para-hydroxylation sites is 1. The Labute approximate surface area is 175 Å². The van der Waals surface area contributed by atoms with Gasteiger partial charge in [-0.05, 0) is 30.5 Å². The van der Waals surface area contributed by atoms with Crippen molar-refractivity contribution in [2.24, 2.45) is 0 Å². The highest BCUT2D eigenvalue weighted by molar-refractivity contribution is 7.92. The minimum absolute atomic E-state index is 0.0399. The Morgan fingerprint density at radius 1 is 1.30 bits per heavy atom. The van der Waals surface area contributed by atoms with Crippen LogP contribution in [0.15, 0.2) is 42.5 Å². The number of hydrogen-bond donors (Lipinski definition) is 0. The number of benzene rings is 2. The van der Waals surface area contributed by atoms with Crippen LogP contribution >= 0.6 is 0 Å². The Bertz CT molecular complexity index is 1090. The summed E-state index contributed by atoms with van der Waals surface area (Å²) in [6.07, 6.45) is 1.83. The van der Waals surface area contributed by atoms with Crippen molar-refractivity contribution in [1.82, 2.24) is 0 Å². The fraction of sp³-hybridized carbons (Fsp3) is 0.350. The Hall–Kier alpha value is -3.14. The Kier molecular flexibility index (Phi) is 5.97. The number of anilines is 2. The van der Waals surface area contributed by atoms with Crippen LogP contribution in [0.25, 0.3) is 0 Å². The van der Waals surface area contributed by atoms with Crippen LogP contribution in [0, 0.1) is 10.1 Å². The molecular weight excluding hydrogens is 410 g/mol. The zero-order chi connectivity index (χ0) is 22.1. The van der Waals surface area contributed by atoms with E-state index in [9.17, 15) is 23.3 Å². The van der Waals surface area contributed by atoms with E-state index in [2.05, 4.69) is 0 Å². The van der Waals surface area contributed by atoms with E-state index in [1.54, 1.807) is 11.8 Å². The van der Waals surface area contributed by atoms with Gasteiger partial charge < -0.3 is 9.64 Å². The van der Waals surface area contributed by atoms with Gasteiger partial charge in [-0.2, -0.15) is 0 Å². The Morgan fingerprint density at radius 3 is 2.60 bits per heavy atom. The van der Waals surface area contributed by atoms with Gasteiger partial charge in [-0.25, -0.2) is 8.42 Å². The summed E-state index contributed by atoms with van der Waals surface area (Å²) in [5.74, 6) is -0.263. The molecule has 160 valence electrons. The molecule has 1 aliphatic rings. The molecular formula is C20H23N3O6S. The molecule has 0 fully saturated rings. The van der Waals surface area contributed by atoms with Gasteiger partial charge in [-0.15, -0.1) is 0 Å². The molecule has 0 unspecified atom stereocenters. The van der Waals surface area contributed by atoms with Crippen LogP contribution in [-0.2, 0) is 21.2 Å². The van der Waals surface area contributed by atoms with Crippen LogP contribution in [0.4, 0.5) is 17.1 Å². The highest BCUT2D eigenvalue weighted by atomic mass is 32.2. The van der Waals surface area contributed by atoms with Crippen molar-refractivity contribution in [3.8, 4) is 5.75 Å². The Morgan fingerprint density at radius 2 is 2.00 bits per heavy atom. The summed E-state index contributed by atoms with van der Waals surface area (Å²) in [6.45, 7) is 2.14. The van der Waals surface area contributed by atoms with Crippen molar-refractivity contribution in [3.05, 3.63) is 58.1 Å². The molecule has 0 saturated heterocycles. The fourth-order valence-corrected chi connectivity index (χ4v) is 4.93. The standard InChI is InChI=1S/C20H23N3O6S/c1-4-16(20(24)21-12-11-14-7-5-6-8-17(14)21)22(30(3,27)28)18-13-15(23(25)26)9-10-19(18)29-2/h5-10,13,16H,4,11-12H2,1-3H3/t16-/m1/s1. The van der Waals surface area contributed by atoms with Crippen molar-refractivity contribution in [3.63, 3.8) is 0 Å². The van der Waals surface area contributed by atoms with Crippen molar-refractivity contribution in [2.45, 2.75) is 25.8 Å². The van der Waals surface area contributed by atoms with E-state index in [0.29, 0.717) is 13.0 Å². The number of fused-ring (bicyclic) bond motifs is 1. The normalized spacial score (nSPS) is 14.2. The van der Waals surface area contributed by atoms with Gasteiger partial charge in [0, 0.05) is 24.4 Å². The van der Waals surface area contributed by atoms with Crippen LogP contribution < -0.4 is 13.9 Å². The number of non-ortho nitro benzene ring substituents is 1. The molecule has 9 nitrogen and oxygen atoms in total. The summed E-state index contributed by atoms with van der Waals surface area (Å²) >= 11 is 0. The summed E-state index contributed by atoms with van der Waals surface area (Å²) in [5, 5.41) is 11.3. The molecule has 3 rings (SSSR count). The zero-order valence-electron chi connectivity index (χ0n) is 16.9. The van der Waals surface area contributed by atoms with E-state index in [1.807, 2.05) is 24.3 Å². The first kappa shape index (κ1) is 21.6. The number of sulfonamides is 1. The fourth-order valence-electron chi connectivity index (χ4n) is 3.73. The van der Waals surface area contributed by atoms with E-state index < -0.39 is 21.0 Å². The summed E-state index contributed by atoms with van der Waals surface area (Å²) in [5.41, 5.74) is 1.43. The predicted octanol–water partition coefficient (Wildman–Crippen LogP) is 2.74. The summed E-state index contributed by atoms with van der Waals surface area (Å²) in [4.78, 5) is 25.7. The number of rotatable bonds is 7. The van der Waals surface area contributed by atoms with Crippen molar-refractivity contribution >= 4 is 33.0 Å². The van der Waals surface area contributed by atoms with Crippen LogP contribution in [0.3, 0.4) is 0 Å². The SMILES string of the molecule is CC[C@H](C(=O)N1CCc2ccccc21)N(c1cc([N+](=O)[O-])ccc1OC)S(C)(=O)=O. The molecule has 10 heteroatoms. The number of nitro groups is 1. The number of methoxy groups -OCH3 is 1. The van der Waals surface area contributed by atoms with Crippen molar-refractivity contribution in [1.29, 1.82) is 0 Å². The molecule has 1 atom stereocenters. The number of hydrogen-bond acceptors (Lipinski definition) is 6. The molecule has 0 saturated carbocycles. The van der Waals surface area contributed by atoms with Gasteiger partial charge in [-0.1, -0.05) is 25.1 Å². The van der Waals surface area contributed by atoms with Gasteiger partial charge in [-0.3, -0.25) is 19.2 Å². The third kappa shape index (κ3) is 3.95. The summed E-state index contributed by atoms with van der Waals surface area (Å²) in [6, 6.07) is 10.1. The van der Waals surface area contributed by atoms with E-state index in [-0.39, 0.29) is 29.5 Å². The molecule has 0 aromatic heterocycles. The molecule has 2 aromatic rings. The molecule has 0 radical (unpaired) electrons. The second kappa shape index (κ2) is 8.31. The van der Waals surface area contributed by atoms with E-state index in [1.165, 1.54) is 19.2 Å². The minimum atomic E-state index is -3.97. The third-order valence-electron chi connectivity index (χ3n) is 5.08. The average Bonchev–Trinajstić information content (AvgIpc) is 3.14. The van der Waals surface area contributed by atoms with Crippen molar-refractivity contribution in [2.75, 3.05) is 29.1 Å². The molecule has 0 aliphatic carbocycles. The van der Waals surface area contributed by atoms with E-state index in [4.69, 9.17) is 4.74 Å². The van der Waals surface area contributed by atoms with E-state index >= 15 is 0 Å². The average molecular weight is 433 g/mol. The second-order valence-corrected chi connectivity index (χ2v) is 8.82. The second-order valence-electron chi connectivity index (χ2n) is 6.96. The molecule has 1 heterocycles. The largest absolute Gasteiger partial charge is 0.495 e. The number of nitrogens with zero attached hydrogens (tertiary/aromatic N) is 3. The highest BCUT2D eigenvalue weighted by Gasteiger charge is 2.38. The van der Waals surface area contributed by atoms with Crippen LogP contribution in [0.1, 0.15) is 18.9 Å². The maximum absolute atomic E-state index is 13.5. The van der Waals surface area contributed by atoms with Crippen molar-refractivity contribution < 1.29 is 22.9 Å². The van der Waals surface area contributed by atoms with Gasteiger partial charge in [0.05, 0.1) is 18.3 Å². The first-order chi connectivity index (χ1) is 14.2. The summed E-state index contributed by atoms with van der Waals surface area (Å²) in [7, 11) is -2.64. The quantitative estimate of drug-likeness (QED) is 0.490. The predicted molar refractivity (Wildman–Crippen MR) is 114 cm³/mol. The lowest BCUT2D eigenvalue weighted by Gasteiger charge is -2.33. The van der Waals surface area contributed by atoms with Crippen LogP contribution in [0.5, 0.6) is 5.75 Å². The molecule has 0 N–H and O–H groups in total. The van der Waals surface area contributed by atoms with Crippen LogP contribution in [0.2, 0.25) is 0 Å². The monoisotopic (exact) mass is 433 g/mol. The number of nitro benzene ring substituents is 1. The lowest BCUT2D eigenvalue weighted by Crippen LogP contribution is -2.50. The smallest absolute Gasteiger partial charge is 0.271 e. The van der Waals surface area contributed by atoms with Gasteiger partial charge in [0.1, 0.15) is 17.5 Å². The number of amides is 1. The topological polar surface area (TPSA) is 110 Å². The number of carbonyl (C=O) groups is 1. The molecule has 0 spiro atoms. The maximum Gasteiger partial charge on any atom is 0.271 e. The van der Waals surface area contributed by atoms with E-state index in [0.717, 1.165) is 27.9 Å². The molecule has 1 aliphatic heterocycles. The van der Waals surface area contributed by atoms with Gasteiger partial charge >= 0.3 is 0 Å². The number of carbonyl (C=O) groups excluding carboxylic acids is 1. The lowest BCUT2D eigenvalue weighted by molar-refractivity contribution is -0.384. The molecule has 30 heavy (non-hydrogen) atoms. The van der Waals surface area contributed by atoms with Gasteiger partial charge in [0.15, 0.2) is 0 Å². The molecule has 0 bridgehead atoms. The highest BCUT2D eigenvalue weighted by Crippen LogP contribution is 2.37. The molecule has 1 amide bonds. The summed E-state index contributed by atoms with van der Waals surface area (Å²) < 4.78 is 31.7. The zero-order valence-corrected chi connectivity index (χ0v) is 17.8. The third-order valence-corrected chi connectivity index (χ3v) is 6.24. The minimum Gasteiger partial charge on any atom is -0.495 e. The maximum atomic E-state index is 13.5. The van der Waals surface area contributed by atoms with Gasteiger partial charge in [0.25, 0.3) is 11.6 Å². The first-order valence-electron chi connectivity index (χ1n) is 9.40.